The van der Waals surface area contributed by atoms with Gasteiger partial charge in [0.25, 0.3) is 0 Å². The molecule has 1 saturated heterocycles. The van der Waals surface area contributed by atoms with Crippen LogP contribution in [0.1, 0.15) is 32.1 Å². The third kappa shape index (κ3) is 2.05. The summed E-state index contributed by atoms with van der Waals surface area (Å²) in [6.45, 7) is 0. The maximum absolute atomic E-state index is 13.3. The van der Waals surface area contributed by atoms with Crippen LogP contribution in [0.2, 0.25) is 0 Å². The van der Waals surface area contributed by atoms with Crippen molar-refractivity contribution in [2.24, 2.45) is 5.41 Å². The van der Waals surface area contributed by atoms with Crippen LogP contribution < -0.4 is 0 Å². The lowest BCUT2D eigenvalue weighted by atomic mass is 9.67. The molecule has 1 saturated carbocycles. The van der Waals surface area contributed by atoms with Crippen molar-refractivity contribution in [3.8, 4) is 0 Å². The molecule has 1 atom stereocenters. The summed E-state index contributed by atoms with van der Waals surface area (Å²) in [5.74, 6) is -2.96. The number of aliphatic carboxylic acids is 1. The van der Waals surface area contributed by atoms with Gasteiger partial charge in [-0.3, -0.25) is 4.79 Å². The summed E-state index contributed by atoms with van der Waals surface area (Å²) >= 11 is 1.63. The van der Waals surface area contributed by atoms with Crippen LogP contribution in [0.25, 0.3) is 0 Å². The number of alkyl halides is 2. The molecule has 0 aromatic heterocycles. The third-order valence-corrected chi connectivity index (χ3v) is 5.08. The molecule has 3 nitrogen and oxygen atoms in total. The molecule has 0 aromatic carbocycles. The second-order valence-corrected chi connectivity index (χ2v) is 6.29. The van der Waals surface area contributed by atoms with Gasteiger partial charge in [-0.2, -0.15) is 11.8 Å². The molecule has 1 aliphatic carbocycles. The molecule has 0 bridgehead atoms. The summed E-state index contributed by atoms with van der Waals surface area (Å²) in [7, 11) is 0. The summed E-state index contributed by atoms with van der Waals surface area (Å²) in [5, 5.41) is 19.8. The van der Waals surface area contributed by atoms with Crippen LogP contribution in [-0.4, -0.2) is 39.2 Å². The Labute approximate surface area is 103 Å². The zero-order valence-electron chi connectivity index (χ0n) is 9.42. The molecular weight excluding hydrogens is 250 g/mol. The molecule has 0 radical (unpaired) electrons. The molecule has 6 heteroatoms. The average Bonchev–Trinajstić information content (AvgIpc) is 2.57. The maximum atomic E-state index is 13.3. The van der Waals surface area contributed by atoms with E-state index in [2.05, 4.69) is 0 Å². The van der Waals surface area contributed by atoms with Gasteiger partial charge in [0.15, 0.2) is 0 Å². The SMILES string of the molecule is O=C(O)C1(C2(O)CCSCC2)CCC(F)(F)C1. The number of aliphatic hydroxyl groups is 1. The zero-order valence-corrected chi connectivity index (χ0v) is 10.2. The van der Waals surface area contributed by atoms with Gasteiger partial charge in [-0.05, 0) is 30.8 Å². The Morgan fingerprint density at radius 1 is 1.12 bits per heavy atom. The van der Waals surface area contributed by atoms with Crippen molar-refractivity contribution in [1.29, 1.82) is 0 Å². The van der Waals surface area contributed by atoms with Crippen LogP contribution in [0.15, 0.2) is 0 Å². The van der Waals surface area contributed by atoms with Crippen molar-refractivity contribution in [3.05, 3.63) is 0 Å². The van der Waals surface area contributed by atoms with Crippen molar-refractivity contribution < 1.29 is 23.8 Å². The first-order valence-electron chi connectivity index (χ1n) is 5.73. The van der Waals surface area contributed by atoms with E-state index in [1.807, 2.05) is 0 Å². The van der Waals surface area contributed by atoms with E-state index in [1.165, 1.54) is 0 Å². The van der Waals surface area contributed by atoms with Gasteiger partial charge in [0.2, 0.25) is 5.92 Å². The van der Waals surface area contributed by atoms with E-state index >= 15 is 0 Å². The average molecular weight is 266 g/mol. The lowest BCUT2D eigenvalue weighted by Crippen LogP contribution is -2.54. The minimum Gasteiger partial charge on any atom is -0.481 e. The minimum atomic E-state index is -2.96. The van der Waals surface area contributed by atoms with Gasteiger partial charge in [-0.15, -0.1) is 0 Å². The lowest BCUT2D eigenvalue weighted by Gasteiger charge is -2.44. The third-order valence-electron chi connectivity index (χ3n) is 4.10. The summed E-state index contributed by atoms with van der Waals surface area (Å²) in [6, 6.07) is 0. The van der Waals surface area contributed by atoms with Crippen molar-refractivity contribution in [3.63, 3.8) is 0 Å². The van der Waals surface area contributed by atoms with E-state index in [0.717, 1.165) is 0 Å². The fourth-order valence-electron chi connectivity index (χ4n) is 2.98. The monoisotopic (exact) mass is 266 g/mol. The van der Waals surface area contributed by atoms with Crippen LogP contribution in [0.4, 0.5) is 8.78 Å². The molecule has 0 amide bonds. The summed E-state index contributed by atoms with van der Waals surface area (Å²) < 4.78 is 26.7. The molecule has 0 aromatic rings. The molecule has 1 unspecified atom stereocenters. The lowest BCUT2D eigenvalue weighted by molar-refractivity contribution is -0.174. The van der Waals surface area contributed by atoms with Crippen molar-refractivity contribution >= 4 is 17.7 Å². The largest absolute Gasteiger partial charge is 0.481 e. The predicted molar refractivity (Wildman–Crippen MR) is 60.4 cm³/mol. The van der Waals surface area contributed by atoms with Crippen molar-refractivity contribution in [2.45, 2.75) is 43.6 Å². The topological polar surface area (TPSA) is 57.5 Å². The van der Waals surface area contributed by atoms with Crippen LogP contribution >= 0.6 is 11.8 Å². The molecule has 98 valence electrons. The number of carboxylic acids is 1. The Hall–Kier alpha value is -0.360. The van der Waals surface area contributed by atoms with Crippen LogP contribution in [-0.2, 0) is 4.79 Å². The van der Waals surface area contributed by atoms with E-state index in [0.29, 0.717) is 24.3 Å². The highest BCUT2D eigenvalue weighted by atomic mass is 32.2. The number of carbonyl (C=O) groups is 1. The fraction of sp³-hybridized carbons (Fsp3) is 0.909. The summed E-state index contributed by atoms with van der Waals surface area (Å²) in [4.78, 5) is 11.4. The fourth-order valence-corrected chi connectivity index (χ4v) is 4.15. The van der Waals surface area contributed by atoms with E-state index < -0.39 is 35.7 Å². The standard InChI is InChI=1S/C11H16F2O3S/c12-11(13)2-1-9(7-11,8(14)15)10(16)3-5-17-6-4-10/h16H,1-7H2,(H,14,15). The van der Waals surface area contributed by atoms with Crippen molar-refractivity contribution in [2.75, 3.05) is 11.5 Å². The zero-order chi connectivity index (χ0) is 12.7. The number of thioether (sulfide) groups is 1. The van der Waals surface area contributed by atoms with Gasteiger partial charge >= 0.3 is 5.97 Å². The van der Waals surface area contributed by atoms with Gasteiger partial charge in [-0.1, -0.05) is 0 Å². The van der Waals surface area contributed by atoms with E-state index in [1.54, 1.807) is 11.8 Å². The van der Waals surface area contributed by atoms with E-state index in [9.17, 15) is 23.8 Å². The first-order chi connectivity index (χ1) is 7.81. The Balaban J connectivity index is 2.32. The smallest absolute Gasteiger partial charge is 0.312 e. The molecule has 0 spiro atoms. The molecule has 2 N–H and O–H groups in total. The minimum absolute atomic E-state index is 0.128. The molecule has 2 aliphatic rings. The van der Waals surface area contributed by atoms with Crippen LogP contribution in [0.5, 0.6) is 0 Å². The van der Waals surface area contributed by atoms with E-state index in [-0.39, 0.29) is 6.42 Å². The molecular formula is C11H16F2O3S. The quantitative estimate of drug-likeness (QED) is 0.804. The number of halogens is 2. The van der Waals surface area contributed by atoms with Gasteiger partial charge in [0.1, 0.15) is 5.41 Å². The molecule has 2 fully saturated rings. The Morgan fingerprint density at radius 3 is 2.12 bits per heavy atom. The Bertz CT molecular complexity index is 329. The van der Waals surface area contributed by atoms with Crippen molar-refractivity contribution in [1.82, 2.24) is 0 Å². The highest BCUT2D eigenvalue weighted by Crippen LogP contribution is 2.56. The molecule has 2 rings (SSSR count). The van der Waals surface area contributed by atoms with Crippen LogP contribution in [0.3, 0.4) is 0 Å². The maximum Gasteiger partial charge on any atom is 0.312 e. The predicted octanol–water partition coefficient (Wildman–Crippen LogP) is 2.13. The second kappa shape index (κ2) is 4.09. The normalized spacial score (nSPS) is 35.7. The first-order valence-corrected chi connectivity index (χ1v) is 6.88. The van der Waals surface area contributed by atoms with Gasteiger partial charge in [0, 0.05) is 12.8 Å². The van der Waals surface area contributed by atoms with Crippen LogP contribution in [0, 0.1) is 5.41 Å². The highest BCUT2D eigenvalue weighted by molar-refractivity contribution is 7.99. The summed E-state index contributed by atoms with van der Waals surface area (Å²) in [5.41, 5.74) is -3.12. The van der Waals surface area contributed by atoms with E-state index in [4.69, 9.17) is 0 Å². The Kier molecular flexibility index (Phi) is 3.14. The highest BCUT2D eigenvalue weighted by Gasteiger charge is 2.64. The Morgan fingerprint density at radius 2 is 1.71 bits per heavy atom. The number of hydrogen-bond acceptors (Lipinski definition) is 3. The molecule has 17 heavy (non-hydrogen) atoms. The molecule has 1 heterocycles. The van der Waals surface area contributed by atoms with Gasteiger partial charge in [0.05, 0.1) is 5.60 Å². The van der Waals surface area contributed by atoms with Gasteiger partial charge < -0.3 is 10.2 Å². The number of hydrogen-bond donors (Lipinski definition) is 2. The second-order valence-electron chi connectivity index (χ2n) is 5.06. The number of rotatable bonds is 2. The molecule has 1 aliphatic heterocycles. The first kappa shape index (κ1) is 13.1. The summed E-state index contributed by atoms with van der Waals surface area (Å²) in [6.07, 6.45) is -0.707. The van der Waals surface area contributed by atoms with Gasteiger partial charge in [-0.25, -0.2) is 8.78 Å². The number of carboxylic acid groups (broad SMARTS) is 1.